The van der Waals surface area contributed by atoms with Crippen molar-refractivity contribution in [3.8, 4) is 12.3 Å². The van der Waals surface area contributed by atoms with Gasteiger partial charge >= 0.3 is 0 Å². The normalized spacial score (nSPS) is 11.7. The molecule has 18 heavy (non-hydrogen) atoms. The second kappa shape index (κ2) is 6.54. The minimum absolute atomic E-state index is 0.0677. The Kier molecular flexibility index (Phi) is 5.34. The number of nitrogens with zero attached hydrogens (tertiary/aromatic N) is 3. The average Bonchev–Trinajstić information content (AvgIpc) is 2.78. The molecule has 0 atom stereocenters. The van der Waals surface area contributed by atoms with Crippen LogP contribution in [0.5, 0.6) is 0 Å². The van der Waals surface area contributed by atoms with Gasteiger partial charge in [-0.3, -0.25) is 4.68 Å². The molecule has 100 valence electrons. The Morgan fingerprint density at radius 3 is 2.89 bits per heavy atom. The van der Waals surface area contributed by atoms with Crippen LogP contribution in [0.15, 0.2) is 17.3 Å². The van der Waals surface area contributed by atoms with E-state index in [1.165, 1.54) is 21.4 Å². The Bertz CT molecular complexity index is 515. The first-order chi connectivity index (χ1) is 8.56. The first-order valence-electron chi connectivity index (χ1n) is 5.72. The van der Waals surface area contributed by atoms with Gasteiger partial charge in [0.15, 0.2) is 0 Å². The summed E-state index contributed by atoms with van der Waals surface area (Å²) in [5.74, 6) is 2.36. The lowest BCUT2D eigenvalue weighted by molar-refractivity contribution is 0.445. The van der Waals surface area contributed by atoms with Crippen molar-refractivity contribution in [2.24, 2.45) is 5.73 Å². The van der Waals surface area contributed by atoms with E-state index in [-0.39, 0.29) is 11.4 Å². The summed E-state index contributed by atoms with van der Waals surface area (Å²) in [5, 5.41) is 3.95. The monoisotopic (exact) mass is 270 g/mol. The fourth-order valence-corrected chi connectivity index (χ4v) is 2.92. The van der Waals surface area contributed by atoms with Gasteiger partial charge in [0.1, 0.15) is 4.90 Å². The predicted molar refractivity (Wildman–Crippen MR) is 69.2 cm³/mol. The molecule has 0 saturated heterocycles. The van der Waals surface area contributed by atoms with E-state index in [2.05, 4.69) is 11.0 Å². The van der Waals surface area contributed by atoms with E-state index in [1.54, 1.807) is 0 Å². The SMILES string of the molecule is C#CCN(CCC)S(=O)(=O)c1cnn(CCN)c1. The van der Waals surface area contributed by atoms with Crippen molar-refractivity contribution < 1.29 is 8.42 Å². The molecule has 0 aliphatic heterocycles. The molecule has 0 fully saturated rings. The van der Waals surface area contributed by atoms with Crippen LogP contribution in [-0.2, 0) is 16.6 Å². The van der Waals surface area contributed by atoms with Crippen LogP contribution in [0.1, 0.15) is 13.3 Å². The fourth-order valence-electron chi connectivity index (χ4n) is 1.52. The molecular formula is C11H18N4O2S. The molecule has 0 aliphatic carbocycles. The molecule has 0 aromatic carbocycles. The van der Waals surface area contributed by atoms with Gasteiger partial charge in [-0.05, 0) is 6.42 Å². The number of aromatic nitrogens is 2. The highest BCUT2D eigenvalue weighted by molar-refractivity contribution is 7.89. The van der Waals surface area contributed by atoms with Crippen molar-refractivity contribution in [2.45, 2.75) is 24.8 Å². The number of sulfonamides is 1. The molecule has 1 rings (SSSR count). The molecule has 1 aromatic heterocycles. The van der Waals surface area contributed by atoms with E-state index in [4.69, 9.17) is 12.2 Å². The molecule has 0 radical (unpaired) electrons. The van der Waals surface area contributed by atoms with Gasteiger partial charge in [0.25, 0.3) is 0 Å². The van der Waals surface area contributed by atoms with Crippen LogP contribution in [-0.4, -0.2) is 42.1 Å². The molecular weight excluding hydrogens is 252 g/mol. The van der Waals surface area contributed by atoms with E-state index >= 15 is 0 Å². The van der Waals surface area contributed by atoms with Crippen molar-refractivity contribution in [3.05, 3.63) is 12.4 Å². The molecule has 0 saturated carbocycles. The van der Waals surface area contributed by atoms with Crippen molar-refractivity contribution in [1.82, 2.24) is 14.1 Å². The minimum atomic E-state index is -3.56. The number of nitrogens with two attached hydrogens (primary N) is 1. The predicted octanol–water partition coefficient (Wildman–Crippen LogP) is -0.124. The van der Waals surface area contributed by atoms with Gasteiger partial charge in [-0.1, -0.05) is 12.8 Å². The van der Waals surface area contributed by atoms with Gasteiger partial charge < -0.3 is 5.73 Å². The van der Waals surface area contributed by atoms with Crippen LogP contribution in [0.4, 0.5) is 0 Å². The zero-order valence-electron chi connectivity index (χ0n) is 10.4. The summed E-state index contributed by atoms with van der Waals surface area (Å²) in [6.07, 6.45) is 8.70. The number of hydrogen-bond acceptors (Lipinski definition) is 4. The van der Waals surface area contributed by atoms with Gasteiger partial charge in [0, 0.05) is 19.3 Å². The maximum absolute atomic E-state index is 12.3. The smallest absolute Gasteiger partial charge is 0.247 e. The number of rotatable bonds is 7. The van der Waals surface area contributed by atoms with E-state index in [1.807, 2.05) is 6.92 Å². The third-order valence-corrected chi connectivity index (χ3v) is 4.14. The second-order valence-corrected chi connectivity index (χ2v) is 5.71. The molecule has 0 aliphatic rings. The molecule has 7 heteroatoms. The summed E-state index contributed by atoms with van der Waals surface area (Å²) in [5.41, 5.74) is 5.39. The summed E-state index contributed by atoms with van der Waals surface area (Å²) >= 11 is 0. The van der Waals surface area contributed by atoms with Gasteiger partial charge in [-0.25, -0.2) is 8.42 Å². The molecule has 0 spiro atoms. The van der Waals surface area contributed by atoms with Crippen molar-refractivity contribution in [2.75, 3.05) is 19.6 Å². The van der Waals surface area contributed by atoms with Crippen LogP contribution >= 0.6 is 0 Å². The third kappa shape index (κ3) is 3.32. The molecule has 0 amide bonds. The van der Waals surface area contributed by atoms with E-state index in [9.17, 15) is 8.42 Å². The van der Waals surface area contributed by atoms with Gasteiger partial charge in [-0.2, -0.15) is 9.40 Å². The standard InChI is InChI=1S/C11H18N4O2S/c1-3-6-15(7-4-2)18(16,17)11-9-13-14(10-11)8-5-12/h1,9-10H,4-8,12H2,2H3. The van der Waals surface area contributed by atoms with Crippen LogP contribution in [0.25, 0.3) is 0 Å². The zero-order chi connectivity index (χ0) is 13.6. The van der Waals surface area contributed by atoms with E-state index < -0.39 is 10.0 Å². The molecule has 2 N–H and O–H groups in total. The van der Waals surface area contributed by atoms with E-state index in [0.29, 0.717) is 26.1 Å². The fraction of sp³-hybridized carbons (Fsp3) is 0.545. The van der Waals surface area contributed by atoms with Crippen LogP contribution in [0, 0.1) is 12.3 Å². The lowest BCUT2D eigenvalue weighted by atomic mass is 10.5. The Hall–Kier alpha value is -1.36. The first-order valence-corrected chi connectivity index (χ1v) is 7.16. The molecule has 1 aromatic rings. The highest BCUT2D eigenvalue weighted by Gasteiger charge is 2.24. The summed E-state index contributed by atoms with van der Waals surface area (Å²) in [6.45, 7) is 3.26. The van der Waals surface area contributed by atoms with Gasteiger partial charge in [0.05, 0.1) is 19.3 Å². The first kappa shape index (κ1) is 14.7. The van der Waals surface area contributed by atoms with Gasteiger partial charge in [-0.15, -0.1) is 6.42 Å². The molecule has 6 nitrogen and oxygen atoms in total. The quantitative estimate of drug-likeness (QED) is 0.700. The van der Waals surface area contributed by atoms with Crippen molar-refractivity contribution in [1.29, 1.82) is 0 Å². The Morgan fingerprint density at radius 1 is 1.61 bits per heavy atom. The Balaban J connectivity index is 2.98. The van der Waals surface area contributed by atoms with Crippen LogP contribution in [0.3, 0.4) is 0 Å². The average molecular weight is 270 g/mol. The van der Waals surface area contributed by atoms with Crippen molar-refractivity contribution >= 4 is 10.0 Å². The molecule has 0 unspecified atom stereocenters. The lowest BCUT2D eigenvalue weighted by Gasteiger charge is -2.17. The minimum Gasteiger partial charge on any atom is -0.329 e. The second-order valence-electron chi connectivity index (χ2n) is 3.77. The highest BCUT2D eigenvalue weighted by atomic mass is 32.2. The van der Waals surface area contributed by atoms with Gasteiger partial charge in [0.2, 0.25) is 10.0 Å². The Labute approximate surface area is 108 Å². The number of hydrogen-bond donors (Lipinski definition) is 1. The Morgan fingerprint density at radius 2 is 2.33 bits per heavy atom. The van der Waals surface area contributed by atoms with Crippen LogP contribution in [0.2, 0.25) is 0 Å². The zero-order valence-corrected chi connectivity index (χ0v) is 11.2. The lowest BCUT2D eigenvalue weighted by Crippen LogP contribution is -2.32. The number of terminal acetylenes is 1. The maximum Gasteiger partial charge on any atom is 0.247 e. The third-order valence-electron chi connectivity index (χ3n) is 2.35. The molecule has 0 bridgehead atoms. The topological polar surface area (TPSA) is 81.2 Å². The summed E-state index contributed by atoms with van der Waals surface area (Å²) in [6, 6.07) is 0. The van der Waals surface area contributed by atoms with Crippen LogP contribution < -0.4 is 5.73 Å². The summed E-state index contributed by atoms with van der Waals surface area (Å²) in [7, 11) is -3.56. The summed E-state index contributed by atoms with van der Waals surface area (Å²) in [4.78, 5) is 0.152. The van der Waals surface area contributed by atoms with Crippen molar-refractivity contribution in [3.63, 3.8) is 0 Å². The molecule has 1 heterocycles. The highest BCUT2D eigenvalue weighted by Crippen LogP contribution is 2.14. The van der Waals surface area contributed by atoms with E-state index in [0.717, 1.165) is 0 Å². The summed E-state index contributed by atoms with van der Waals surface area (Å²) < 4.78 is 27.3. The maximum atomic E-state index is 12.3. The largest absolute Gasteiger partial charge is 0.329 e.